The Balaban J connectivity index is 2.31. The highest BCUT2D eigenvalue weighted by atomic mass is 19.3. The van der Waals surface area contributed by atoms with Gasteiger partial charge < -0.3 is 10.4 Å². The summed E-state index contributed by atoms with van der Waals surface area (Å²) in [6.07, 6.45) is -0.781. The Kier molecular flexibility index (Phi) is 6.34. The summed E-state index contributed by atoms with van der Waals surface area (Å²) in [7, 11) is 0. The van der Waals surface area contributed by atoms with Crippen molar-refractivity contribution < 1.29 is 32.8 Å². The van der Waals surface area contributed by atoms with Crippen molar-refractivity contribution >= 4 is 23.3 Å². The Labute approximate surface area is 156 Å². The van der Waals surface area contributed by atoms with Crippen LogP contribution in [-0.4, -0.2) is 21.9 Å². The first-order chi connectivity index (χ1) is 13.1. The van der Waals surface area contributed by atoms with E-state index < -0.39 is 51.0 Å². The summed E-state index contributed by atoms with van der Waals surface area (Å²) >= 11 is 0. The molecule has 0 saturated heterocycles. The number of rotatable bonds is 8. The van der Waals surface area contributed by atoms with E-state index >= 15 is 0 Å². The molecular weight excluding hydrogens is 381 g/mol. The van der Waals surface area contributed by atoms with Crippen molar-refractivity contribution in [2.24, 2.45) is 0 Å². The number of alkyl halides is 2. The smallest absolute Gasteiger partial charge is 0.350 e. The molecule has 2 aromatic carbocycles. The van der Waals surface area contributed by atoms with Crippen LogP contribution in [-0.2, 0) is 21.9 Å². The maximum atomic E-state index is 14.7. The van der Waals surface area contributed by atoms with Crippen LogP contribution in [0.25, 0.3) is 0 Å². The molecule has 2 rings (SSSR count). The first-order valence-corrected chi connectivity index (χ1v) is 8.07. The summed E-state index contributed by atoms with van der Waals surface area (Å²) < 4.78 is 43.2. The van der Waals surface area contributed by atoms with E-state index in [4.69, 9.17) is 5.11 Å². The van der Waals surface area contributed by atoms with E-state index in [0.717, 1.165) is 24.3 Å². The molecule has 0 aliphatic heterocycles. The minimum Gasteiger partial charge on any atom is -0.481 e. The van der Waals surface area contributed by atoms with Crippen LogP contribution in [0, 0.1) is 15.9 Å². The van der Waals surface area contributed by atoms with E-state index in [1.165, 1.54) is 18.2 Å². The lowest BCUT2D eigenvalue weighted by Gasteiger charge is -2.17. The minimum atomic E-state index is -3.96. The van der Waals surface area contributed by atoms with Gasteiger partial charge in [0.1, 0.15) is 0 Å². The Morgan fingerprint density at radius 2 is 1.79 bits per heavy atom. The van der Waals surface area contributed by atoms with Gasteiger partial charge in [0.2, 0.25) is 0 Å². The number of nitro groups is 1. The van der Waals surface area contributed by atoms with Gasteiger partial charge in [-0.2, -0.15) is 8.78 Å². The van der Waals surface area contributed by atoms with Crippen LogP contribution in [0.2, 0.25) is 0 Å². The van der Waals surface area contributed by atoms with Crippen molar-refractivity contribution in [2.75, 3.05) is 5.32 Å². The minimum absolute atomic E-state index is 0.106. The highest BCUT2D eigenvalue weighted by Gasteiger charge is 2.41. The van der Waals surface area contributed by atoms with Crippen LogP contribution >= 0.6 is 0 Å². The monoisotopic (exact) mass is 396 g/mol. The van der Waals surface area contributed by atoms with Gasteiger partial charge in [-0.1, -0.05) is 30.3 Å². The molecule has 28 heavy (non-hydrogen) atoms. The predicted octanol–water partition coefficient (Wildman–Crippen LogP) is 3.87. The zero-order chi connectivity index (χ0) is 20.9. The maximum Gasteiger partial charge on any atom is 0.350 e. The number of nitrogens with one attached hydrogen (secondary N) is 1. The third kappa shape index (κ3) is 4.64. The summed E-state index contributed by atoms with van der Waals surface area (Å²) in [5, 5.41) is 21.5. The Morgan fingerprint density at radius 3 is 2.36 bits per heavy atom. The molecule has 0 radical (unpaired) electrons. The summed E-state index contributed by atoms with van der Waals surface area (Å²) in [5.41, 5.74) is -2.35. The van der Waals surface area contributed by atoms with E-state index in [2.05, 4.69) is 0 Å². The van der Waals surface area contributed by atoms with Gasteiger partial charge in [-0.3, -0.25) is 19.7 Å². The average Bonchev–Trinajstić information content (AvgIpc) is 2.64. The third-order valence-corrected chi connectivity index (χ3v) is 3.90. The van der Waals surface area contributed by atoms with Crippen molar-refractivity contribution in [1.29, 1.82) is 0 Å². The van der Waals surface area contributed by atoms with Crippen molar-refractivity contribution in [1.82, 2.24) is 0 Å². The van der Waals surface area contributed by atoms with Gasteiger partial charge in [-0.05, 0) is 18.9 Å². The van der Waals surface area contributed by atoms with E-state index in [0.29, 0.717) is 0 Å². The SMILES string of the molecule is O=C(O)CCCc1c([N+](=O)[O-])ccc(NC(=O)C(F)(F)c2ccccc2)c1F. The van der Waals surface area contributed by atoms with E-state index in [9.17, 15) is 32.9 Å². The summed E-state index contributed by atoms with van der Waals surface area (Å²) in [6, 6.07) is 7.85. The molecule has 10 heteroatoms. The van der Waals surface area contributed by atoms with Gasteiger partial charge in [-0.15, -0.1) is 0 Å². The number of carboxylic acids is 1. The van der Waals surface area contributed by atoms with Gasteiger partial charge in [-0.25, -0.2) is 4.39 Å². The largest absolute Gasteiger partial charge is 0.481 e. The van der Waals surface area contributed by atoms with Crippen molar-refractivity contribution in [2.45, 2.75) is 25.2 Å². The number of nitrogens with zero attached hydrogens (tertiary/aromatic N) is 1. The number of hydrogen-bond donors (Lipinski definition) is 2. The first-order valence-electron chi connectivity index (χ1n) is 8.07. The molecule has 0 saturated carbocycles. The molecule has 0 aromatic heterocycles. The summed E-state index contributed by atoms with van der Waals surface area (Å²) in [4.78, 5) is 32.8. The van der Waals surface area contributed by atoms with E-state index in [1.807, 2.05) is 0 Å². The van der Waals surface area contributed by atoms with Gasteiger partial charge >= 0.3 is 11.9 Å². The fourth-order valence-corrected chi connectivity index (χ4v) is 2.51. The predicted molar refractivity (Wildman–Crippen MR) is 92.6 cm³/mol. The van der Waals surface area contributed by atoms with Crippen molar-refractivity contribution in [3.8, 4) is 0 Å². The zero-order valence-electron chi connectivity index (χ0n) is 14.3. The van der Waals surface area contributed by atoms with Crippen LogP contribution in [0.5, 0.6) is 0 Å². The van der Waals surface area contributed by atoms with E-state index in [-0.39, 0.29) is 19.3 Å². The molecule has 0 unspecified atom stereocenters. The molecule has 148 valence electrons. The molecule has 0 bridgehead atoms. The normalized spacial score (nSPS) is 11.1. The number of carbonyl (C=O) groups is 2. The molecule has 0 aliphatic carbocycles. The van der Waals surface area contributed by atoms with Gasteiger partial charge in [0, 0.05) is 18.1 Å². The molecule has 0 heterocycles. The second-order valence-electron chi connectivity index (χ2n) is 5.82. The molecule has 1 amide bonds. The molecule has 0 atom stereocenters. The second-order valence-corrected chi connectivity index (χ2v) is 5.82. The Hall–Kier alpha value is -3.43. The van der Waals surface area contributed by atoms with Crippen LogP contribution < -0.4 is 5.32 Å². The lowest BCUT2D eigenvalue weighted by atomic mass is 10.0. The number of carboxylic acid groups (broad SMARTS) is 1. The molecule has 2 aromatic rings. The highest BCUT2D eigenvalue weighted by molar-refractivity contribution is 5.97. The number of carbonyl (C=O) groups excluding carboxylic acids is 1. The van der Waals surface area contributed by atoms with Gasteiger partial charge in [0.15, 0.2) is 5.82 Å². The lowest BCUT2D eigenvalue weighted by Crippen LogP contribution is -2.32. The molecule has 2 N–H and O–H groups in total. The van der Waals surface area contributed by atoms with Crippen LogP contribution in [0.4, 0.5) is 24.5 Å². The fraction of sp³-hybridized carbons (Fsp3) is 0.222. The van der Waals surface area contributed by atoms with E-state index in [1.54, 1.807) is 5.32 Å². The highest BCUT2D eigenvalue weighted by Crippen LogP contribution is 2.32. The maximum absolute atomic E-state index is 14.7. The first kappa shape index (κ1) is 20.9. The molecular formula is C18H15F3N2O5. The van der Waals surface area contributed by atoms with Crippen LogP contribution in [0.3, 0.4) is 0 Å². The molecule has 0 aliphatic rings. The Bertz CT molecular complexity index is 904. The summed E-state index contributed by atoms with van der Waals surface area (Å²) in [5.74, 6) is -8.19. The third-order valence-electron chi connectivity index (χ3n) is 3.90. The number of hydrogen-bond acceptors (Lipinski definition) is 4. The standard InChI is InChI=1S/C18H15F3N2O5/c19-16-12(7-4-8-15(24)25)14(23(27)28)10-9-13(16)22-17(26)18(20,21)11-5-2-1-3-6-11/h1-3,5-6,9-10H,4,7-8H2,(H,22,26)(H,24,25). The lowest BCUT2D eigenvalue weighted by molar-refractivity contribution is -0.385. The second kappa shape index (κ2) is 8.51. The van der Waals surface area contributed by atoms with Crippen LogP contribution in [0.1, 0.15) is 24.0 Å². The van der Waals surface area contributed by atoms with Crippen molar-refractivity contribution in [3.05, 3.63) is 69.5 Å². The number of aliphatic carboxylic acids is 1. The number of halogens is 3. The van der Waals surface area contributed by atoms with Gasteiger partial charge in [0.05, 0.1) is 16.2 Å². The average molecular weight is 396 g/mol. The quantitative estimate of drug-likeness (QED) is 0.520. The molecule has 7 nitrogen and oxygen atoms in total. The summed E-state index contributed by atoms with van der Waals surface area (Å²) in [6.45, 7) is 0. The number of benzene rings is 2. The van der Waals surface area contributed by atoms with Gasteiger partial charge in [0.25, 0.3) is 11.6 Å². The molecule has 0 spiro atoms. The number of anilines is 1. The van der Waals surface area contributed by atoms with Crippen molar-refractivity contribution in [3.63, 3.8) is 0 Å². The molecule has 0 fully saturated rings. The Morgan fingerprint density at radius 1 is 1.14 bits per heavy atom. The van der Waals surface area contributed by atoms with Crippen LogP contribution in [0.15, 0.2) is 42.5 Å². The number of nitro benzene ring substituents is 1. The topological polar surface area (TPSA) is 110 Å². The zero-order valence-corrected chi connectivity index (χ0v) is 14.3. The number of amides is 1. The fourth-order valence-electron chi connectivity index (χ4n) is 2.51.